The number of aliphatic hydroxyl groups excluding tert-OH is 1. The van der Waals surface area contributed by atoms with Crippen LogP contribution in [0.1, 0.15) is 57.6 Å². The molecule has 8 heteroatoms. The molecule has 0 saturated carbocycles. The molecule has 1 unspecified atom stereocenters. The Balaban J connectivity index is 1.70. The van der Waals surface area contributed by atoms with Crippen LogP contribution in [0, 0.1) is 31.6 Å². The maximum Gasteiger partial charge on any atom is 0.311 e. The van der Waals surface area contributed by atoms with Crippen molar-refractivity contribution in [2.45, 2.75) is 81.9 Å². The van der Waals surface area contributed by atoms with E-state index in [1.165, 1.54) is 0 Å². The van der Waals surface area contributed by atoms with Crippen LogP contribution in [0.25, 0.3) is 0 Å². The van der Waals surface area contributed by atoms with Gasteiger partial charge in [0, 0.05) is 17.0 Å². The number of esters is 1. The minimum atomic E-state index is -0.971. The Morgan fingerprint density at radius 2 is 1.77 bits per heavy atom. The van der Waals surface area contributed by atoms with Crippen molar-refractivity contribution in [2.24, 2.45) is 17.8 Å². The molecule has 2 fully saturated rings. The van der Waals surface area contributed by atoms with Crippen LogP contribution in [0.3, 0.4) is 0 Å². The number of para-hydroxylation sites is 1. The number of fused-ring (bicyclic) bond motifs is 2. The Bertz CT molecular complexity index is 1220. The molecule has 1 aromatic rings. The quantitative estimate of drug-likeness (QED) is 0.415. The summed E-state index contributed by atoms with van der Waals surface area (Å²) in [6, 6.07) is 4.57. The highest BCUT2D eigenvalue weighted by Gasteiger charge is 2.74. The zero-order valence-corrected chi connectivity index (χ0v) is 25.1. The van der Waals surface area contributed by atoms with Crippen molar-refractivity contribution in [3.63, 3.8) is 0 Å². The molecule has 2 saturated heterocycles. The summed E-state index contributed by atoms with van der Waals surface area (Å²) < 4.78 is 4.08. The normalized spacial score (nSPS) is 33.8. The molecule has 0 radical (unpaired) electrons. The number of hydrogen-bond acceptors (Lipinski definition) is 6. The van der Waals surface area contributed by atoms with Gasteiger partial charge >= 0.3 is 5.97 Å². The van der Waals surface area contributed by atoms with E-state index in [2.05, 4.69) is 12.2 Å². The number of anilines is 1. The number of hydrogen-bond donors (Lipinski definition) is 1. The lowest BCUT2D eigenvalue weighted by Crippen LogP contribution is -2.57. The molecule has 7 nitrogen and oxygen atoms in total. The number of allylic oxidation sites excluding steroid dienone is 1. The van der Waals surface area contributed by atoms with E-state index in [1.807, 2.05) is 65.0 Å². The molecule has 0 aromatic heterocycles. The highest BCUT2D eigenvalue weighted by atomic mass is 32.2. The fourth-order valence-corrected chi connectivity index (χ4v) is 9.52. The number of benzene rings is 1. The largest absolute Gasteiger partial charge is 0.465 e. The molecule has 6 atom stereocenters. The van der Waals surface area contributed by atoms with Crippen molar-refractivity contribution in [1.29, 1.82) is 0 Å². The highest BCUT2D eigenvalue weighted by molar-refractivity contribution is 8.02. The van der Waals surface area contributed by atoms with Gasteiger partial charge in [-0.05, 0) is 63.5 Å². The number of aryl methyl sites for hydroxylation is 2. The Kier molecular flexibility index (Phi) is 7.96. The summed E-state index contributed by atoms with van der Waals surface area (Å²) >= 11 is 1.55. The van der Waals surface area contributed by atoms with Crippen LogP contribution in [0.15, 0.2) is 42.5 Å². The number of carbonyl (C=O) groups is 3. The SMILES string of the molecule is Cc1cccc(C)c1N1CC=C[C@]23S[C@@]4(C)/C=C\CCCCOC(=O)[C@H]4[C@H]2C(=O)N([C@@H](CO)CC(C)C)C3C1=O. The van der Waals surface area contributed by atoms with Gasteiger partial charge < -0.3 is 19.6 Å². The number of ether oxygens (including phenoxy) is 1. The summed E-state index contributed by atoms with van der Waals surface area (Å²) in [6.45, 7) is 10.5. The molecule has 216 valence electrons. The summed E-state index contributed by atoms with van der Waals surface area (Å²) in [7, 11) is 0. The monoisotopic (exact) mass is 566 g/mol. The van der Waals surface area contributed by atoms with E-state index < -0.39 is 33.4 Å². The molecule has 1 N–H and O–H groups in total. The third-order valence-corrected chi connectivity index (χ3v) is 10.8. The van der Waals surface area contributed by atoms with E-state index >= 15 is 0 Å². The summed E-state index contributed by atoms with van der Waals surface area (Å²) in [5.41, 5.74) is 2.82. The van der Waals surface area contributed by atoms with Gasteiger partial charge in [0.2, 0.25) is 5.91 Å². The minimum Gasteiger partial charge on any atom is -0.465 e. The van der Waals surface area contributed by atoms with Crippen LogP contribution in [0.5, 0.6) is 0 Å². The van der Waals surface area contributed by atoms with Gasteiger partial charge in [0.05, 0.1) is 35.8 Å². The van der Waals surface area contributed by atoms with Gasteiger partial charge in [-0.1, -0.05) is 56.4 Å². The number of thioether (sulfide) groups is 1. The molecule has 5 rings (SSSR count). The molecule has 1 spiro atoms. The van der Waals surface area contributed by atoms with Crippen molar-refractivity contribution < 1.29 is 24.2 Å². The average molecular weight is 567 g/mol. The number of amides is 2. The molecule has 1 aromatic carbocycles. The average Bonchev–Trinajstić information content (AvgIpc) is 3.23. The predicted octanol–water partition coefficient (Wildman–Crippen LogP) is 4.58. The van der Waals surface area contributed by atoms with E-state index in [1.54, 1.807) is 21.6 Å². The molecule has 2 amide bonds. The molecule has 4 heterocycles. The number of nitrogens with zero attached hydrogens (tertiary/aromatic N) is 2. The van der Waals surface area contributed by atoms with Gasteiger partial charge in [-0.15, -0.1) is 11.8 Å². The molecule has 4 aliphatic heterocycles. The van der Waals surface area contributed by atoms with Gasteiger partial charge in [-0.2, -0.15) is 0 Å². The van der Waals surface area contributed by atoms with Gasteiger partial charge in [0.1, 0.15) is 6.04 Å². The van der Waals surface area contributed by atoms with Crippen molar-refractivity contribution in [3.05, 3.63) is 53.6 Å². The number of likely N-dealkylation sites (tertiary alicyclic amines) is 1. The topological polar surface area (TPSA) is 87.2 Å². The van der Waals surface area contributed by atoms with Crippen LogP contribution in [-0.4, -0.2) is 69.1 Å². The van der Waals surface area contributed by atoms with Crippen LogP contribution < -0.4 is 4.90 Å². The summed E-state index contributed by atoms with van der Waals surface area (Å²) in [6.07, 6.45) is 11.3. The van der Waals surface area contributed by atoms with Gasteiger partial charge in [0.15, 0.2) is 0 Å². The first-order chi connectivity index (χ1) is 19.1. The Morgan fingerprint density at radius 3 is 2.45 bits per heavy atom. The lowest BCUT2D eigenvalue weighted by atomic mass is 9.74. The maximum atomic E-state index is 14.8. The fourth-order valence-electron chi connectivity index (χ4n) is 7.38. The lowest BCUT2D eigenvalue weighted by molar-refractivity contribution is -0.154. The van der Waals surface area contributed by atoms with Crippen molar-refractivity contribution >= 4 is 35.2 Å². The summed E-state index contributed by atoms with van der Waals surface area (Å²) in [5.74, 6) is -2.10. The van der Waals surface area contributed by atoms with E-state index in [0.29, 0.717) is 19.6 Å². The van der Waals surface area contributed by atoms with Crippen LogP contribution in [0.2, 0.25) is 0 Å². The molecule has 0 bridgehead atoms. The third kappa shape index (κ3) is 4.61. The molecule has 0 aliphatic carbocycles. The van der Waals surface area contributed by atoms with Gasteiger partial charge in [-0.25, -0.2) is 0 Å². The van der Waals surface area contributed by atoms with Crippen LogP contribution >= 0.6 is 11.8 Å². The molecular formula is C32H42N2O5S. The second-order valence-electron chi connectivity index (χ2n) is 12.4. The second kappa shape index (κ2) is 11.0. The molecule has 40 heavy (non-hydrogen) atoms. The zero-order valence-electron chi connectivity index (χ0n) is 24.3. The summed E-state index contributed by atoms with van der Waals surface area (Å²) in [5, 5.41) is 10.6. The number of aliphatic hydroxyl groups is 1. The first-order valence-corrected chi connectivity index (χ1v) is 15.4. The standard InChI is InChI=1S/C32H42N2O5S/c1-20(2)18-23(19-35)34-27-29(37)33(26-21(3)12-10-13-22(26)4)16-11-15-32(27)24(28(34)36)25-30(38)39-17-9-7-6-8-14-31(25,5)40-32/h8,10-15,20,23-25,27,35H,6-7,9,16-19H2,1-5H3/b14-8-/t23-,24+,25-,27?,31+,32+/m1/s1. The molecular weight excluding hydrogens is 524 g/mol. The van der Waals surface area contributed by atoms with E-state index in [9.17, 15) is 19.5 Å². The van der Waals surface area contributed by atoms with Crippen LogP contribution in [-0.2, 0) is 19.1 Å². The first-order valence-electron chi connectivity index (χ1n) is 14.6. The second-order valence-corrected chi connectivity index (χ2v) is 14.2. The lowest BCUT2D eigenvalue weighted by Gasteiger charge is -2.40. The van der Waals surface area contributed by atoms with Crippen LogP contribution in [0.4, 0.5) is 5.69 Å². The third-order valence-electron chi connectivity index (χ3n) is 9.00. The maximum absolute atomic E-state index is 14.8. The van der Waals surface area contributed by atoms with Crippen molar-refractivity contribution in [3.8, 4) is 0 Å². The van der Waals surface area contributed by atoms with Gasteiger partial charge in [0.25, 0.3) is 5.91 Å². The summed E-state index contributed by atoms with van der Waals surface area (Å²) in [4.78, 5) is 46.6. The number of carbonyl (C=O) groups excluding carboxylic acids is 3. The van der Waals surface area contributed by atoms with Crippen molar-refractivity contribution in [2.75, 3.05) is 24.7 Å². The molecule has 4 aliphatic rings. The Morgan fingerprint density at radius 1 is 1.05 bits per heavy atom. The van der Waals surface area contributed by atoms with E-state index in [0.717, 1.165) is 36.1 Å². The smallest absolute Gasteiger partial charge is 0.311 e. The zero-order chi connectivity index (χ0) is 28.8. The number of rotatable bonds is 5. The Hall–Kier alpha value is -2.58. The fraction of sp³-hybridized carbons (Fsp3) is 0.594. The van der Waals surface area contributed by atoms with Gasteiger partial charge in [-0.3, -0.25) is 14.4 Å². The highest BCUT2D eigenvalue weighted by Crippen LogP contribution is 2.65. The Labute approximate surface area is 242 Å². The minimum absolute atomic E-state index is 0.169. The number of cyclic esters (lactones) is 1. The van der Waals surface area contributed by atoms with E-state index in [-0.39, 0.29) is 30.3 Å². The first kappa shape index (κ1) is 28.9. The predicted molar refractivity (Wildman–Crippen MR) is 158 cm³/mol. The van der Waals surface area contributed by atoms with E-state index in [4.69, 9.17) is 4.74 Å². The van der Waals surface area contributed by atoms with Crippen molar-refractivity contribution in [1.82, 2.24) is 4.90 Å².